The number of rotatable bonds is 12. The largest absolute Gasteiger partial charge is 0.481 e. The van der Waals surface area contributed by atoms with Crippen LogP contribution in [0, 0.1) is 56.7 Å². The fourth-order valence-corrected chi connectivity index (χ4v) is 12.4. The predicted molar refractivity (Wildman–Crippen MR) is 191 cm³/mol. The van der Waals surface area contributed by atoms with E-state index in [0.29, 0.717) is 37.6 Å². The van der Waals surface area contributed by atoms with Crippen LogP contribution in [0.1, 0.15) is 99.5 Å². The second-order valence-electron chi connectivity index (χ2n) is 18.3. The molecule has 4 aliphatic carbocycles. The number of tetrazole rings is 1. The molecule has 5 aliphatic rings. The number of hydrogen-bond donors (Lipinski definition) is 3. The highest BCUT2D eigenvalue weighted by Crippen LogP contribution is 2.75. The smallest absolute Gasteiger partial charge is 0.307 e. The number of ether oxygens (including phenoxy) is 2. The van der Waals surface area contributed by atoms with Gasteiger partial charge in [0, 0.05) is 12.0 Å². The molecule has 0 aromatic carbocycles. The summed E-state index contributed by atoms with van der Waals surface area (Å²) in [5.74, 6) is 0.464. The van der Waals surface area contributed by atoms with Crippen LogP contribution in [0.4, 0.5) is 5.95 Å². The lowest BCUT2D eigenvalue weighted by atomic mass is 9.34. The number of carboxylic acid groups (broad SMARTS) is 1. The van der Waals surface area contributed by atoms with Gasteiger partial charge in [0.1, 0.15) is 6.04 Å². The van der Waals surface area contributed by atoms with Crippen molar-refractivity contribution in [3.05, 3.63) is 11.6 Å². The summed E-state index contributed by atoms with van der Waals surface area (Å²) < 4.78 is 13.8. The van der Waals surface area contributed by atoms with Gasteiger partial charge < -0.3 is 30.5 Å². The molecule has 4 N–H and O–H groups in total. The van der Waals surface area contributed by atoms with Gasteiger partial charge in [-0.2, -0.15) is 4.80 Å². The van der Waals surface area contributed by atoms with Crippen LogP contribution in [0.5, 0.6) is 0 Å². The van der Waals surface area contributed by atoms with Gasteiger partial charge in [-0.1, -0.05) is 65.2 Å². The molecule has 1 saturated heterocycles. The quantitative estimate of drug-likeness (QED) is 0.196. The number of hydrogen-bond acceptors (Lipinski definition) is 9. The first-order chi connectivity index (χ1) is 23.0. The van der Waals surface area contributed by atoms with Crippen LogP contribution in [-0.2, 0) is 14.3 Å². The maximum Gasteiger partial charge on any atom is 0.307 e. The van der Waals surface area contributed by atoms with E-state index in [1.54, 1.807) is 4.80 Å². The molecule has 0 radical (unpaired) electrons. The van der Waals surface area contributed by atoms with Gasteiger partial charge >= 0.3 is 5.97 Å². The molecular weight excluding hydrogens is 618 g/mol. The zero-order valence-corrected chi connectivity index (χ0v) is 31.8. The predicted octanol–water partition coefficient (Wildman–Crippen LogP) is 5.31. The van der Waals surface area contributed by atoms with Gasteiger partial charge in [-0.3, -0.25) is 4.79 Å². The highest BCUT2D eigenvalue weighted by Gasteiger charge is 2.72. The Kier molecular flexibility index (Phi) is 9.85. The molecule has 3 saturated carbocycles. The zero-order chi connectivity index (χ0) is 35.6. The van der Waals surface area contributed by atoms with Crippen LogP contribution >= 0.6 is 0 Å². The summed E-state index contributed by atoms with van der Waals surface area (Å²) in [6, 6.07) is -0.141. The van der Waals surface area contributed by atoms with E-state index in [2.05, 4.69) is 94.3 Å². The standard InChI is InChI=1S/C38H65N7O4/c1-24(2)25(3)35(5)15-16-36(6)26-11-12-29-34(4)21-28(45-42-33(39)41-43-45)31(49-20-18-40-17-10-19-44(8)9)38(29,23-48-22-34)27(26)13-14-37(36,7)30(35)32(46)47/h13,24-26,28-31,40H,10-12,14-23H2,1-9H3,(H2,39,42)(H,46,47)/t25-,26+,28-,29-,30-,31+,34-,35-,36-,37+,38+/m1/s1. The molecule has 1 aromatic rings. The molecule has 11 atom stereocenters. The highest BCUT2D eigenvalue weighted by molar-refractivity contribution is 5.73. The molecule has 0 amide bonds. The van der Waals surface area contributed by atoms with Gasteiger partial charge in [0.2, 0.25) is 0 Å². The van der Waals surface area contributed by atoms with E-state index in [9.17, 15) is 9.90 Å². The van der Waals surface area contributed by atoms with Crippen molar-refractivity contribution in [3.8, 4) is 0 Å². The summed E-state index contributed by atoms with van der Waals surface area (Å²) in [6.07, 6.45) is 9.01. The summed E-state index contributed by atoms with van der Waals surface area (Å²) in [4.78, 5) is 17.4. The first-order valence-corrected chi connectivity index (χ1v) is 19.1. The fraction of sp³-hybridized carbons (Fsp3) is 0.895. The Morgan fingerprint density at radius 2 is 1.90 bits per heavy atom. The van der Waals surface area contributed by atoms with Crippen molar-refractivity contribution in [3.63, 3.8) is 0 Å². The van der Waals surface area contributed by atoms with E-state index in [0.717, 1.165) is 64.6 Å². The van der Waals surface area contributed by atoms with Crippen LogP contribution < -0.4 is 11.1 Å². The molecule has 0 unspecified atom stereocenters. The molecular formula is C38H65N7O4. The van der Waals surface area contributed by atoms with Gasteiger partial charge in [-0.25, -0.2) is 0 Å². The second-order valence-corrected chi connectivity index (χ2v) is 18.3. The summed E-state index contributed by atoms with van der Waals surface area (Å²) in [5, 5.41) is 27.8. The van der Waals surface area contributed by atoms with Crippen LogP contribution in [0.2, 0.25) is 0 Å². The minimum Gasteiger partial charge on any atom is -0.481 e. The molecule has 49 heavy (non-hydrogen) atoms. The summed E-state index contributed by atoms with van der Waals surface area (Å²) in [6.45, 7) is 20.8. The lowest BCUT2D eigenvalue weighted by molar-refractivity contribution is -0.253. The number of aliphatic carboxylic acids is 1. The van der Waals surface area contributed by atoms with Crippen LogP contribution in [0.3, 0.4) is 0 Å². The number of nitrogen functional groups attached to an aromatic ring is 1. The average Bonchev–Trinajstić information content (AvgIpc) is 3.46. The first-order valence-electron chi connectivity index (χ1n) is 19.1. The zero-order valence-electron chi connectivity index (χ0n) is 31.8. The normalized spacial score (nSPS) is 42.3. The van der Waals surface area contributed by atoms with E-state index in [1.807, 2.05) is 0 Å². The van der Waals surface area contributed by atoms with Crippen molar-refractivity contribution < 1.29 is 19.4 Å². The number of nitrogens with one attached hydrogen (secondary N) is 1. The summed E-state index contributed by atoms with van der Waals surface area (Å²) >= 11 is 0. The fourth-order valence-electron chi connectivity index (χ4n) is 12.4. The molecule has 6 rings (SSSR count). The van der Waals surface area contributed by atoms with Gasteiger partial charge in [-0.15, -0.1) is 5.10 Å². The monoisotopic (exact) mass is 684 g/mol. The number of carbonyl (C=O) groups is 1. The Bertz CT molecular complexity index is 1400. The summed E-state index contributed by atoms with van der Waals surface area (Å²) in [7, 11) is 4.21. The van der Waals surface area contributed by atoms with Gasteiger partial charge in [0.15, 0.2) is 0 Å². The van der Waals surface area contributed by atoms with Crippen molar-refractivity contribution in [1.82, 2.24) is 30.4 Å². The van der Waals surface area contributed by atoms with E-state index < -0.39 is 11.9 Å². The highest BCUT2D eigenvalue weighted by atomic mass is 16.5. The van der Waals surface area contributed by atoms with Crippen molar-refractivity contribution in [1.29, 1.82) is 0 Å². The number of anilines is 1. The Hall–Kier alpha value is -2.08. The first kappa shape index (κ1) is 36.7. The van der Waals surface area contributed by atoms with Crippen molar-refractivity contribution in [2.45, 2.75) is 106 Å². The van der Waals surface area contributed by atoms with Gasteiger partial charge in [0.05, 0.1) is 31.8 Å². The Balaban J connectivity index is 1.41. The number of carboxylic acids is 1. The average molecular weight is 684 g/mol. The molecule has 11 heteroatoms. The lowest BCUT2D eigenvalue weighted by Gasteiger charge is -2.71. The Labute approximate surface area is 294 Å². The van der Waals surface area contributed by atoms with E-state index in [4.69, 9.17) is 15.2 Å². The molecule has 276 valence electrons. The number of nitrogens with zero attached hydrogens (tertiary/aromatic N) is 5. The maximum absolute atomic E-state index is 13.5. The van der Waals surface area contributed by atoms with Crippen molar-refractivity contribution in [2.24, 2.45) is 56.7 Å². The van der Waals surface area contributed by atoms with Crippen LogP contribution in [-0.4, -0.2) is 95.8 Å². The van der Waals surface area contributed by atoms with Crippen LogP contribution in [0.25, 0.3) is 0 Å². The topological polar surface area (TPSA) is 141 Å². The third kappa shape index (κ3) is 5.68. The number of fused-ring (bicyclic) bond motifs is 3. The maximum atomic E-state index is 13.5. The SMILES string of the molecule is CC(C)[C@@H](C)[C@@]1(C)CC[C@]2(C)[C@H]3CC[C@@H]4[C@@]5(C)COC[C@@]4(C3=CC[C@@]2(C)[C@@H]1C(=O)O)[C@@H](OCCNCCCN(C)C)[C@H](n1nnc(N)n1)C5. The van der Waals surface area contributed by atoms with E-state index in [-0.39, 0.29) is 51.1 Å². The van der Waals surface area contributed by atoms with Crippen molar-refractivity contribution in [2.75, 3.05) is 59.3 Å². The number of allylic oxidation sites excluding steroid dienone is 1. The van der Waals surface area contributed by atoms with Crippen molar-refractivity contribution >= 4 is 11.9 Å². The molecule has 2 heterocycles. The minimum atomic E-state index is -0.632. The molecule has 1 aromatic heterocycles. The molecule has 2 bridgehead atoms. The van der Waals surface area contributed by atoms with Gasteiger partial charge in [0.25, 0.3) is 5.95 Å². The molecule has 1 aliphatic heterocycles. The third-order valence-corrected chi connectivity index (χ3v) is 15.3. The molecule has 11 nitrogen and oxygen atoms in total. The Morgan fingerprint density at radius 1 is 1.14 bits per heavy atom. The lowest BCUT2D eigenvalue weighted by Crippen LogP contribution is -2.70. The number of aromatic nitrogens is 4. The second kappa shape index (κ2) is 13.2. The van der Waals surface area contributed by atoms with Crippen LogP contribution in [0.15, 0.2) is 11.6 Å². The minimum absolute atomic E-state index is 0.0928. The van der Waals surface area contributed by atoms with E-state index >= 15 is 0 Å². The number of nitrogens with two attached hydrogens (primary N) is 1. The molecule has 0 spiro atoms. The summed E-state index contributed by atoms with van der Waals surface area (Å²) in [5.41, 5.74) is 6.21. The third-order valence-electron chi connectivity index (χ3n) is 15.3. The molecule has 4 fully saturated rings. The Morgan fingerprint density at radius 3 is 2.55 bits per heavy atom. The van der Waals surface area contributed by atoms with E-state index in [1.165, 1.54) is 5.57 Å². The van der Waals surface area contributed by atoms with Gasteiger partial charge in [-0.05, 0) is 123 Å².